The summed E-state index contributed by atoms with van der Waals surface area (Å²) >= 11 is 0. The lowest BCUT2D eigenvalue weighted by Gasteiger charge is -2.29. The van der Waals surface area contributed by atoms with E-state index in [4.69, 9.17) is 13.6 Å². The summed E-state index contributed by atoms with van der Waals surface area (Å²) in [7, 11) is -8.10. The number of ketones is 2. The Balaban J connectivity index is 1.54. The Morgan fingerprint density at radius 3 is 2.18 bits per heavy atom. The lowest BCUT2D eigenvalue weighted by atomic mass is 9.82. The lowest BCUT2D eigenvalue weighted by Crippen LogP contribution is -2.23. The van der Waals surface area contributed by atoms with Crippen LogP contribution >= 0.6 is 7.60 Å². The molecule has 0 bridgehead atoms. The van der Waals surface area contributed by atoms with E-state index >= 15 is 0 Å². The molecule has 1 heterocycles. The molecule has 0 spiro atoms. The van der Waals surface area contributed by atoms with E-state index in [1.165, 1.54) is 60.7 Å². The Hall–Kier alpha value is -4.49. The Labute approximate surface area is 252 Å². The first-order chi connectivity index (χ1) is 20.9. The molecule has 0 fully saturated rings. The molecule has 0 radical (unpaired) electrons. The van der Waals surface area contributed by atoms with Gasteiger partial charge in [0.25, 0.3) is 10.0 Å². The van der Waals surface area contributed by atoms with Crippen LogP contribution in [0.5, 0.6) is 11.5 Å². The number of phenols is 2. The minimum absolute atomic E-state index is 0.0113. The largest absolute Gasteiger partial charge is 0.507 e. The van der Waals surface area contributed by atoms with Crippen molar-refractivity contribution in [1.82, 2.24) is 5.16 Å². The first kappa shape index (κ1) is 31.0. The Morgan fingerprint density at radius 2 is 1.57 bits per heavy atom. The van der Waals surface area contributed by atoms with Crippen molar-refractivity contribution >= 4 is 40.7 Å². The van der Waals surface area contributed by atoms with E-state index in [0.717, 1.165) is 0 Å². The highest BCUT2D eigenvalue weighted by atomic mass is 32.2. The molecule has 230 valence electrons. The van der Waals surface area contributed by atoms with Crippen LogP contribution in [0.2, 0.25) is 0 Å². The number of sulfonamides is 1. The average Bonchev–Trinajstić information content (AvgIpc) is 3.38. The number of nitrogens with zero attached hydrogens (tertiary/aromatic N) is 1. The normalized spacial score (nSPS) is 13.7. The van der Waals surface area contributed by atoms with Crippen LogP contribution in [-0.2, 0) is 23.6 Å². The number of hydrogen-bond acceptors (Lipinski definition) is 12. The van der Waals surface area contributed by atoms with Crippen molar-refractivity contribution in [2.24, 2.45) is 0 Å². The summed E-state index contributed by atoms with van der Waals surface area (Å²) in [6, 6.07) is 13.4. The summed E-state index contributed by atoms with van der Waals surface area (Å²) in [6.07, 6.45) is 0. The summed E-state index contributed by atoms with van der Waals surface area (Å²) in [5.41, 5.74) is -0.354. The number of benzene rings is 3. The zero-order valence-corrected chi connectivity index (χ0v) is 25.4. The van der Waals surface area contributed by atoms with Gasteiger partial charge in [-0.2, -0.15) is 0 Å². The zero-order chi connectivity index (χ0) is 31.8. The topological polar surface area (TPSA) is 194 Å². The van der Waals surface area contributed by atoms with Crippen molar-refractivity contribution in [3.8, 4) is 11.5 Å². The van der Waals surface area contributed by atoms with Crippen molar-refractivity contribution in [3.05, 3.63) is 94.2 Å². The first-order valence-electron chi connectivity index (χ1n) is 13.4. The molecule has 15 heteroatoms. The number of fused-ring (bicyclic) bond motifs is 2. The van der Waals surface area contributed by atoms with E-state index in [0.29, 0.717) is 11.4 Å². The van der Waals surface area contributed by atoms with Crippen LogP contribution in [-0.4, -0.2) is 48.6 Å². The van der Waals surface area contributed by atoms with Gasteiger partial charge in [0.1, 0.15) is 17.3 Å². The second-order valence-electron chi connectivity index (χ2n) is 9.70. The Bertz CT molecular complexity index is 1910. The van der Waals surface area contributed by atoms with Gasteiger partial charge in [0.2, 0.25) is 5.78 Å². The molecule has 44 heavy (non-hydrogen) atoms. The molecular weight excluding hydrogens is 613 g/mol. The summed E-state index contributed by atoms with van der Waals surface area (Å²) in [5.74, 6) is -3.24. The third-order valence-corrected chi connectivity index (χ3v) is 10.4. The fourth-order valence-electron chi connectivity index (χ4n) is 4.85. The molecule has 1 aliphatic carbocycles. The molecule has 1 unspecified atom stereocenters. The molecule has 0 amide bonds. The average molecular weight is 642 g/mol. The highest BCUT2D eigenvalue weighted by Crippen LogP contribution is 2.61. The minimum Gasteiger partial charge on any atom is -0.507 e. The van der Waals surface area contributed by atoms with Crippen LogP contribution in [0.3, 0.4) is 0 Å². The lowest BCUT2D eigenvalue weighted by molar-refractivity contribution is 0.0974. The number of carbonyl (C=O) groups excluding carboxylic acids is 2. The van der Waals surface area contributed by atoms with Crippen LogP contribution in [0.4, 0.5) is 11.5 Å². The molecule has 0 saturated carbocycles. The van der Waals surface area contributed by atoms with Gasteiger partial charge in [-0.3, -0.25) is 18.9 Å². The van der Waals surface area contributed by atoms with Crippen LogP contribution in [0.15, 0.2) is 70.1 Å². The van der Waals surface area contributed by atoms with E-state index < -0.39 is 46.5 Å². The smallest absolute Gasteiger partial charge is 0.357 e. The maximum Gasteiger partial charge on any atom is 0.357 e. The zero-order valence-electron chi connectivity index (χ0n) is 23.7. The van der Waals surface area contributed by atoms with Crippen molar-refractivity contribution in [2.75, 3.05) is 23.3 Å². The second kappa shape index (κ2) is 11.9. The van der Waals surface area contributed by atoms with Gasteiger partial charge < -0.3 is 29.1 Å². The predicted octanol–water partition coefficient (Wildman–Crippen LogP) is 5.35. The number of nitrogens with one attached hydrogen (secondary N) is 2. The van der Waals surface area contributed by atoms with Crippen LogP contribution < -0.4 is 10.0 Å². The van der Waals surface area contributed by atoms with Gasteiger partial charge >= 0.3 is 7.60 Å². The fraction of sp³-hybridized carbons (Fsp3) is 0.207. The second-order valence-corrected chi connectivity index (χ2v) is 13.5. The molecule has 5 rings (SSSR count). The van der Waals surface area contributed by atoms with Crippen molar-refractivity contribution in [2.45, 2.75) is 31.4 Å². The van der Waals surface area contributed by atoms with Gasteiger partial charge in [0, 0.05) is 22.9 Å². The van der Waals surface area contributed by atoms with E-state index in [1.54, 1.807) is 20.8 Å². The third kappa shape index (κ3) is 5.72. The standard InChI is InChI=1S/C29H28N3O10PS/c1-4-40-43(37,41-5-2)29(30-18-9-11-19(12-10-18)44(38,39)32-24-13-16(3)42-31-24)17-14-21-26(23(34)15-17)28(36)25-20(27(21)35)7-6-8-22(25)33/h6-15,29-30,33-34H,4-5H2,1-3H3,(H,31,32). The van der Waals surface area contributed by atoms with Crippen LogP contribution in [0.1, 0.15) is 62.8 Å². The number of aromatic nitrogens is 1. The summed E-state index contributed by atoms with van der Waals surface area (Å²) in [6.45, 7) is 4.82. The van der Waals surface area contributed by atoms with E-state index in [1.807, 2.05) is 0 Å². The molecule has 0 saturated heterocycles. The summed E-state index contributed by atoms with van der Waals surface area (Å²) in [5, 5.41) is 27.9. The van der Waals surface area contributed by atoms with Gasteiger partial charge in [-0.05, 0) is 68.8 Å². The number of carbonyl (C=O) groups is 2. The van der Waals surface area contributed by atoms with Gasteiger partial charge in [0.05, 0.1) is 29.2 Å². The molecular formula is C29H28N3O10PS. The van der Waals surface area contributed by atoms with E-state index in [2.05, 4.69) is 15.2 Å². The van der Waals surface area contributed by atoms with Crippen molar-refractivity contribution in [3.63, 3.8) is 0 Å². The number of anilines is 2. The molecule has 3 aromatic carbocycles. The predicted molar refractivity (Wildman–Crippen MR) is 159 cm³/mol. The highest BCUT2D eigenvalue weighted by molar-refractivity contribution is 7.92. The quantitative estimate of drug-likeness (QED) is 0.135. The molecule has 13 nitrogen and oxygen atoms in total. The van der Waals surface area contributed by atoms with Gasteiger partial charge in [0.15, 0.2) is 17.4 Å². The SMILES string of the molecule is CCOP(=O)(OCC)C(Nc1ccc(S(=O)(=O)Nc2cc(C)on2)cc1)c1cc(O)c2c(c1)C(=O)c1cccc(O)c1C2=O. The molecule has 1 aliphatic rings. The van der Waals surface area contributed by atoms with Crippen LogP contribution in [0.25, 0.3) is 0 Å². The summed E-state index contributed by atoms with van der Waals surface area (Å²) < 4.78 is 58.2. The minimum atomic E-state index is -4.08. The number of aryl methyl sites for hydroxylation is 1. The highest BCUT2D eigenvalue weighted by Gasteiger charge is 2.40. The number of rotatable bonds is 11. The number of hydrogen-bond donors (Lipinski definition) is 4. The maximum absolute atomic E-state index is 14.1. The van der Waals surface area contributed by atoms with Gasteiger partial charge in [-0.15, -0.1) is 0 Å². The fourth-order valence-corrected chi connectivity index (χ4v) is 7.75. The molecule has 0 aliphatic heterocycles. The molecule has 1 atom stereocenters. The monoisotopic (exact) mass is 641 g/mol. The molecule has 1 aromatic heterocycles. The Kier molecular flexibility index (Phi) is 8.36. The van der Waals surface area contributed by atoms with E-state index in [9.17, 15) is 32.8 Å². The van der Waals surface area contributed by atoms with Crippen molar-refractivity contribution < 1.29 is 46.4 Å². The molecule has 4 N–H and O–H groups in total. The maximum atomic E-state index is 14.1. The number of aromatic hydroxyl groups is 2. The Morgan fingerprint density at radius 1 is 0.909 bits per heavy atom. The molecule has 4 aromatic rings. The van der Waals surface area contributed by atoms with Crippen molar-refractivity contribution in [1.29, 1.82) is 0 Å². The van der Waals surface area contributed by atoms with E-state index in [-0.39, 0.29) is 51.7 Å². The van der Waals surface area contributed by atoms with Crippen LogP contribution in [0, 0.1) is 6.92 Å². The first-order valence-corrected chi connectivity index (χ1v) is 16.5. The summed E-state index contributed by atoms with van der Waals surface area (Å²) in [4.78, 5) is 26.6. The van der Waals surface area contributed by atoms with Gasteiger partial charge in [-0.1, -0.05) is 17.3 Å². The van der Waals surface area contributed by atoms with Gasteiger partial charge in [-0.25, -0.2) is 8.42 Å². The number of phenolic OH excluding ortho intramolecular Hbond substituents is 2. The third-order valence-electron chi connectivity index (χ3n) is 6.71.